The van der Waals surface area contributed by atoms with Crippen LogP contribution in [0.5, 0.6) is 0 Å². The average Bonchev–Trinajstić information content (AvgIpc) is 3.32. The van der Waals surface area contributed by atoms with E-state index < -0.39 is 0 Å². The van der Waals surface area contributed by atoms with Gasteiger partial charge in [0.2, 0.25) is 0 Å². The Hall–Kier alpha value is -1.79. The molecule has 0 radical (unpaired) electrons. The summed E-state index contributed by atoms with van der Waals surface area (Å²) < 4.78 is 0.243. The molecule has 0 bridgehead atoms. The third-order valence-corrected chi connectivity index (χ3v) is 5.34. The molecule has 0 unspecified atom stereocenters. The first-order valence-corrected chi connectivity index (χ1v) is 8.10. The Morgan fingerprint density at radius 3 is 2.86 bits per heavy atom. The zero-order valence-electron chi connectivity index (χ0n) is 11.8. The van der Waals surface area contributed by atoms with Gasteiger partial charge in [0.1, 0.15) is 5.82 Å². The van der Waals surface area contributed by atoms with Crippen LogP contribution in [0.3, 0.4) is 0 Å². The van der Waals surface area contributed by atoms with Gasteiger partial charge in [0.15, 0.2) is 0 Å². The highest BCUT2D eigenvalue weighted by atomic mass is 32.2. The Morgan fingerprint density at radius 2 is 2.19 bits per heavy atom. The molecule has 0 atom stereocenters. The number of hydrogen-bond donors (Lipinski definition) is 3. The lowest BCUT2D eigenvalue weighted by Gasteiger charge is -2.14. The second-order valence-electron chi connectivity index (χ2n) is 5.29. The number of fused-ring (bicyclic) bond motifs is 1. The minimum absolute atomic E-state index is 0.0783. The van der Waals surface area contributed by atoms with Crippen molar-refractivity contribution in [2.45, 2.75) is 17.6 Å². The minimum atomic E-state index is -0.0783. The van der Waals surface area contributed by atoms with Gasteiger partial charge < -0.3 is 10.7 Å². The molecule has 0 saturated heterocycles. The summed E-state index contributed by atoms with van der Waals surface area (Å²) in [4.78, 5) is 16.9. The predicted octanol–water partition coefficient (Wildman–Crippen LogP) is 2.15. The number of anilines is 1. The minimum Gasteiger partial charge on any atom is -0.351 e. The number of nitrogens with one attached hydrogen (secondary N) is 2. The van der Waals surface area contributed by atoms with Gasteiger partial charge in [0, 0.05) is 16.7 Å². The number of hydrogen-bond acceptors (Lipinski definition) is 5. The van der Waals surface area contributed by atoms with Gasteiger partial charge in [-0.2, -0.15) is 11.8 Å². The van der Waals surface area contributed by atoms with Crippen LogP contribution in [0.4, 0.5) is 5.82 Å². The van der Waals surface area contributed by atoms with Crippen LogP contribution < -0.4 is 16.6 Å². The van der Waals surface area contributed by atoms with Gasteiger partial charge in [0.25, 0.3) is 5.91 Å². The summed E-state index contributed by atoms with van der Waals surface area (Å²) in [5.41, 5.74) is 3.87. The third kappa shape index (κ3) is 2.82. The van der Waals surface area contributed by atoms with Gasteiger partial charge in [-0.1, -0.05) is 18.2 Å². The number of thioether (sulfide) groups is 1. The summed E-state index contributed by atoms with van der Waals surface area (Å²) in [6.45, 7) is 0.703. The van der Waals surface area contributed by atoms with E-state index in [0.717, 1.165) is 10.9 Å². The number of pyridine rings is 1. The highest BCUT2D eigenvalue weighted by Gasteiger charge is 2.42. The third-order valence-electron chi connectivity index (χ3n) is 3.92. The first-order valence-electron chi connectivity index (χ1n) is 6.87. The van der Waals surface area contributed by atoms with Crippen molar-refractivity contribution in [2.24, 2.45) is 5.84 Å². The van der Waals surface area contributed by atoms with Crippen molar-refractivity contribution >= 4 is 34.4 Å². The Kier molecular flexibility index (Phi) is 3.73. The molecule has 4 N–H and O–H groups in total. The van der Waals surface area contributed by atoms with E-state index in [1.165, 1.54) is 12.8 Å². The van der Waals surface area contributed by atoms with Gasteiger partial charge >= 0.3 is 0 Å². The van der Waals surface area contributed by atoms with E-state index >= 15 is 0 Å². The molecule has 5 nitrogen and oxygen atoms in total. The number of carbonyl (C=O) groups is 1. The molecule has 0 spiro atoms. The summed E-state index contributed by atoms with van der Waals surface area (Å²) in [6, 6.07) is 9.26. The number of hydrazine groups is 1. The van der Waals surface area contributed by atoms with Crippen molar-refractivity contribution in [1.29, 1.82) is 0 Å². The van der Waals surface area contributed by atoms with Crippen molar-refractivity contribution < 1.29 is 4.79 Å². The monoisotopic (exact) mass is 302 g/mol. The van der Waals surface area contributed by atoms with E-state index in [4.69, 9.17) is 5.84 Å². The fraction of sp³-hybridized carbons (Fsp3) is 0.333. The number of rotatable bonds is 5. The second kappa shape index (κ2) is 5.54. The lowest BCUT2D eigenvalue weighted by Crippen LogP contribution is -2.32. The molecule has 1 aromatic carbocycles. The Morgan fingerprint density at radius 1 is 1.43 bits per heavy atom. The Balaban J connectivity index is 1.89. The van der Waals surface area contributed by atoms with Crippen molar-refractivity contribution in [1.82, 2.24) is 10.3 Å². The molecule has 1 aliphatic rings. The predicted molar refractivity (Wildman–Crippen MR) is 87.4 cm³/mol. The number of amides is 1. The number of carbonyl (C=O) groups excluding carboxylic acids is 1. The van der Waals surface area contributed by atoms with Crippen LogP contribution in [0.2, 0.25) is 0 Å². The van der Waals surface area contributed by atoms with Crippen LogP contribution in [-0.4, -0.2) is 28.4 Å². The lowest BCUT2D eigenvalue weighted by molar-refractivity contribution is 0.0954. The van der Waals surface area contributed by atoms with Crippen molar-refractivity contribution in [3.05, 3.63) is 35.9 Å². The summed E-state index contributed by atoms with van der Waals surface area (Å²) in [5, 5.41) is 3.88. The largest absolute Gasteiger partial charge is 0.351 e. The molecule has 6 heteroatoms. The van der Waals surface area contributed by atoms with Gasteiger partial charge in [-0.15, -0.1) is 0 Å². The average molecular weight is 302 g/mol. The molecule has 21 heavy (non-hydrogen) atoms. The van der Waals surface area contributed by atoms with Crippen LogP contribution in [0.15, 0.2) is 30.3 Å². The molecule has 1 saturated carbocycles. The molecule has 3 rings (SSSR count). The topological polar surface area (TPSA) is 80.0 Å². The summed E-state index contributed by atoms with van der Waals surface area (Å²) >= 11 is 1.83. The van der Waals surface area contributed by atoms with Crippen molar-refractivity contribution in [3.63, 3.8) is 0 Å². The number of nitrogens with two attached hydrogens (primary N) is 1. The van der Waals surface area contributed by atoms with Crippen LogP contribution in [-0.2, 0) is 0 Å². The van der Waals surface area contributed by atoms with Gasteiger partial charge in [-0.05, 0) is 31.2 Å². The molecule has 1 aliphatic carbocycles. The van der Waals surface area contributed by atoms with Crippen LogP contribution in [0.1, 0.15) is 23.2 Å². The highest BCUT2D eigenvalue weighted by molar-refractivity contribution is 8.00. The van der Waals surface area contributed by atoms with Crippen LogP contribution >= 0.6 is 11.8 Å². The van der Waals surface area contributed by atoms with Crippen LogP contribution in [0.25, 0.3) is 10.9 Å². The molecule has 1 fully saturated rings. The molecule has 1 heterocycles. The fourth-order valence-electron chi connectivity index (χ4n) is 2.37. The molecular weight excluding hydrogens is 284 g/mol. The van der Waals surface area contributed by atoms with Crippen molar-refractivity contribution in [3.8, 4) is 0 Å². The maximum Gasteiger partial charge on any atom is 0.252 e. The maximum absolute atomic E-state index is 12.5. The summed E-state index contributed by atoms with van der Waals surface area (Å²) in [5.74, 6) is 5.85. The first kappa shape index (κ1) is 14.2. The second-order valence-corrected chi connectivity index (χ2v) is 6.56. The molecule has 0 aliphatic heterocycles. The zero-order valence-corrected chi connectivity index (χ0v) is 12.7. The molecule has 1 aromatic heterocycles. The molecular formula is C15H18N4OS. The van der Waals surface area contributed by atoms with E-state index in [1.54, 1.807) is 6.07 Å². The standard InChI is InChI=1S/C15H18N4OS/c1-21-15(6-7-15)9-17-14(20)11-8-13(19-16)18-12-5-3-2-4-10(11)12/h2-5,8H,6-7,9,16H2,1H3,(H,17,20)(H,18,19). The smallest absolute Gasteiger partial charge is 0.252 e. The number of benzene rings is 1. The number of para-hydroxylation sites is 1. The Bertz CT molecular complexity index is 684. The van der Waals surface area contributed by atoms with Gasteiger partial charge in [-0.25, -0.2) is 10.8 Å². The van der Waals surface area contributed by atoms with Crippen molar-refractivity contribution in [2.75, 3.05) is 18.2 Å². The van der Waals surface area contributed by atoms with E-state index in [9.17, 15) is 4.79 Å². The SMILES string of the molecule is CSC1(CNC(=O)c2cc(NN)nc3ccccc23)CC1. The Labute approximate surface area is 127 Å². The molecule has 1 amide bonds. The van der Waals surface area contributed by atoms with E-state index in [0.29, 0.717) is 17.9 Å². The molecule has 2 aromatic rings. The number of nitrogens with zero attached hydrogens (tertiary/aromatic N) is 1. The fourth-order valence-corrected chi connectivity index (χ4v) is 3.09. The van der Waals surface area contributed by atoms with Gasteiger partial charge in [-0.3, -0.25) is 4.79 Å². The highest BCUT2D eigenvalue weighted by Crippen LogP contribution is 2.46. The van der Waals surface area contributed by atoms with E-state index in [-0.39, 0.29) is 10.7 Å². The molecule has 110 valence electrons. The summed E-state index contributed by atoms with van der Waals surface area (Å²) in [7, 11) is 0. The van der Waals surface area contributed by atoms with E-state index in [2.05, 4.69) is 22.0 Å². The maximum atomic E-state index is 12.5. The van der Waals surface area contributed by atoms with Gasteiger partial charge in [0.05, 0.1) is 11.1 Å². The first-order chi connectivity index (χ1) is 10.2. The lowest BCUT2D eigenvalue weighted by atomic mass is 10.1. The van der Waals surface area contributed by atoms with E-state index in [1.807, 2.05) is 36.0 Å². The number of nitrogen functional groups attached to an aromatic ring is 1. The number of aromatic nitrogens is 1. The summed E-state index contributed by atoms with van der Waals surface area (Å²) in [6.07, 6.45) is 4.43. The quantitative estimate of drug-likeness (QED) is 0.582. The normalized spacial score (nSPS) is 15.7. The van der Waals surface area contributed by atoms with Crippen LogP contribution in [0, 0.1) is 0 Å². The zero-order chi connectivity index (χ0) is 14.9.